The molecule has 6 aromatic rings. The van der Waals surface area contributed by atoms with Crippen LogP contribution in [0, 0.1) is 0 Å². The summed E-state index contributed by atoms with van der Waals surface area (Å²) in [5.74, 6) is -0.892. The largest absolute Gasteiger partial charge is 0.573 e. The zero-order chi connectivity index (χ0) is 32.1. The van der Waals surface area contributed by atoms with Gasteiger partial charge in [-0.25, -0.2) is 9.48 Å². The standard InChI is InChI=1S/C36H26F3N3O3S/c1-44-34(43)32-33(46-31-23-19-26(20-24-31)25-17-21-30(22-18-25)45-36(37,38)39)40-41-42(32)35(27-11-5-2-6-12-27,28-13-7-3-8-14-28)29-15-9-4-10-16-29/h2-24H,1H3. The number of hydrogen-bond donors (Lipinski definition) is 0. The van der Waals surface area contributed by atoms with E-state index in [1.165, 1.54) is 31.0 Å². The van der Waals surface area contributed by atoms with Crippen LogP contribution in [0.15, 0.2) is 149 Å². The topological polar surface area (TPSA) is 66.2 Å². The average Bonchev–Trinajstić information content (AvgIpc) is 3.50. The molecule has 0 bridgehead atoms. The molecule has 6 nitrogen and oxygen atoms in total. The number of halogens is 3. The van der Waals surface area contributed by atoms with Gasteiger partial charge < -0.3 is 9.47 Å². The van der Waals surface area contributed by atoms with Gasteiger partial charge in [0, 0.05) is 4.90 Å². The van der Waals surface area contributed by atoms with Crippen LogP contribution in [0.5, 0.6) is 5.75 Å². The highest BCUT2D eigenvalue weighted by atomic mass is 32.2. The van der Waals surface area contributed by atoms with Crippen molar-refractivity contribution in [1.29, 1.82) is 0 Å². The van der Waals surface area contributed by atoms with E-state index in [0.29, 0.717) is 10.6 Å². The third-order valence-corrected chi connectivity index (χ3v) is 8.38. The van der Waals surface area contributed by atoms with Gasteiger partial charge in [0.1, 0.15) is 11.3 Å². The Morgan fingerprint density at radius 2 is 1.13 bits per heavy atom. The number of esters is 1. The van der Waals surface area contributed by atoms with Crippen LogP contribution in [-0.4, -0.2) is 34.4 Å². The number of hydrogen-bond acceptors (Lipinski definition) is 6. The summed E-state index contributed by atoms with van der Waals surface area (Å²) in [6.45, 7) is 0. The van der Waals surface area contributed by atoms with Gasteiger partial charge in [-0.3, -0.25) is 0 Å². The van der Waals surface area contributed by atoms with E-state index >= 15 is 0 Å². The van der Waals surface area contributed by atoms with Crippen LogP contribution < -0.4 is 4.74 Å². The summed E-state index contributed by atoms with van der Waals surface area (Å²) < 4.78 is 48.6. The van der Waals surface area contributed by atoms with E-state index in [0.717, 1.165) is 27.1 Å². The van der Waals surface area contributed by atoms with Crippen LogP contribution in [0.25, 0.3) is 11.1 Å². The monoisotopic (exact) mass is 637 g/mol. The van der Waals surface area contributed by atoms with E-state index in [-0.39, 0.29) is 11.4 Å². The lowest BCUT2D eigenvalue weighted by atomic mass is 9.77. The quantitative estimate of drug-likeness (QED) is 0.117. The van der Waals surface area contributed by atoms with Gasteiger partial charge in [0.05, 0.1) is 7.11 Å². The van der Waals surface area contributed by atoms with E-state index in [2.05, 4.69) is 15.0 Å². The second-order valence-corrected chi connectivity index (χ2v) is 11.2. The first-order chi connectivity index (χ1) is 22.3. The molecule has 1 heterocycles. The molecular weight excluding hydrogens is 611 g/mol. The number of rotatable bonds is 9. The zero-order valence-corrected chi connectivity index (χ0v) is 25.2. The molecule has 0 saturated carbocycles. The molecule has 10 heteroatoms. The molecule has 0 aliphatic carbocycles. The number of carbonyl (C=O) groups excluding carboxylic acids is 1. The van der Waals surface area contributed by atoms with E-state index in [4.69, 9.17) is 4.74 Å². The minimum absolute atomic E-state index is 0.174. The molecule has 0 aliphatic heterocycles. The predicted octanol–water partition coefficient (Wildman–Crippen LogP) is 8.62. The number of benzene rings is 5. The molecular formula is C36H26F3N3O3S. The van der Waals surface area contributed by atoms with Crippen LogP contribution in [0.2, 0.25) is 0 Å². The number of methoxy groups -OCH3 is 1. The third kappa shape index (κ3) is 6.12. The molecule has 0 saturated heterocycles. The van der Waals surface area contributed by atoms with Gasteiger partial charge in [0.25, 0.3) is 0 Å². The Morgan fingerprint density at radius 1 is 0.674 bits per heavy atom. The molecule has 1 aromatic heterocycles. The first-order valence-corrected chi connectivity index (χ1v) is 15.0. The molecule has 0 fully saturated rings. The Labute approximate surface area is 267 Å². The summed E-state index contributed by atoms with van der Waals surface area (Å²) in [4.78, 5) is 14.3. The van der Waals surface area contributed by atoms with E-state index < -0.39 is 17.9 Å². The van der Waals surface area contributed by atoms with Crippen molar-refractivity contribution in [3.63, 3.8) is 0 Å². The SMILES string of the molecule is COC(=O)c1c(Sc2ccc(-c3ccc(OC(F)(F)F)cc3)cc2)nnn1C(c1ccccc1)(c1ccccc1)c1ccccc1. The van der Waals surface area contributed by atoms with Crippen LogP contribution >= 0.6 is 11.8 Å². The first-order valence-electron chi connectivity index (χ1n) is 14.1. The molecule has 0 spiro atoms. The lowest BCUT2D eigenvalue weighted by Crippen LogP contribution is -2.40. The fourth-order valence-corrected chi connectivity index (χ4v) is 6.26. The van der Waals surface area contributed by atoms with Gasteiger partial charge in [-0.15, -0.1) is 18.3 Å². The summed E-state index contributed by atoms with van der Waals surface area (Å²) >= 11 is 1.25. The van der Waals surface area contributed by atoms with E-state index in [9.17, 15) is 18.0 Å². The Morgan fingerprint density at radius 3 is 1.57 bits per heavy atom. The zero-order valence-electron chi connectivity index (χ0n) is 24.4. The highest BCUT2D eigenvalue weighted by Crippen LogP contribution is 2.43. The highest BCUT2D eigenvalue weighted by Gasteiger charge is 2.43. The van der Waals surface area contributed by atoms with Crippen molar-refractivity contribution in [2.24, 2.45) is 0 Å². The summed E-state index contributed by atoms with van der Waals surface area (Å²) in [6, 6.07) is 42.5. The minimum atomic E-state index is -4.76. The highest BCUT2D eigenvalue weighted by molar-refractivity contribution is 7.99. The summed E-state index contributed by atoms with van der Waals surface area (Å²) in [5, 5.41) is 9.49. The molecule has 0 aliphatic rings. The fraction of sp³-hybridized carbons (Fsp3) is 0.0833. The molecule has 6 rings (SSSR count). The summed E-state index contributed by atoms with van der Waals surface area (Å²) in [6.07, 6.45) is -4.76. The summed E-state index contributed by atoms with van der Waals surface area (Å²) in [7, 11) is 1.32. The average molecular weight is 638 g/mol. The number of carbonyl (C=O) groups is 1. The van der Waals surface area contributed by atoms with Crippen molar-refractivity contribution < 1.29 is 27.4 Å². The number of ether oxygens (including phenoxy) is 2. The van der Waals surface area contributed by atoms with Gasteiger partial charge in [-0.1, -0.05) is 132 Å². The normalized spacial score (nSPS) is 11.7. The Kier molecular flexibility index (Phi) is 8.63. The van der Waals surface area contributed by atoms with Crippen molar-refractivity contribution >= 4 is 17.7 Å². The first kappa shape index (κ1) is 30.7. The van der Waals surface area contributed by atoms with Crippen molar-refractivity contribution in [1.82, 2.24) is 15.0 Å². The maximum atomic E-state index is 13.6. The number of nitrogens with zero attached hydrogens (tertiary/aromatic N) is 3. The lowest BCUT2D eigenvalue weighted by Gasteiger charge is -2.36. The molecule has 230 valence electrons. The maximum Gasteiger partial charge on any atom is 0.573 e. The second kappa shape index (κ2) is 12.9. The molecule has 0 N–H and O–H groups in total. The smallest absolute Gasteiger partial charge is 0.464 e. The molecule has 46 heavy (non-hydrogen) atoms. The lowest BCUT2D eigenvalue weighted by molar-refractivity contribution is -0.274. The number of alkyl halides is 3. The van der Waals surface area contributed by atoms with Crippen LogP contribution in [-0.2, 0) is 10.3 Å². The maximum absolute atomic E-state index is 13.6. The molecule has 0 atom stereocenters. The van der Waals surface area contributed by atoms with Crippen molar-refractivity contribution in [2.75, 3.05) is 7.11 Å². The molecule has 0 unspecified atom stereocenters. The van der Waals surface area contributed by atoms with Crippen molar-refractivity contribution in [2.45, 2.75) is 21.8 Å². The van der Waals surface area contributed by atoms with Gasteiger partial charge in [0.15, 0.2) is 10.7 Å². The van der Waals surface area contributed by atoms with Gasteiger partial charge >= 0.3 is 12.3 Å². The molecule has 0 amide bonds. The van der Waals surface area contributed by atoms with E-state index in [1.54, 1.807) is 16.8 Å². The Bertz CT molecular complexity index is 1820. The molecule has 5 aromatic carbocycles. The van der Waals surface area contributed by atoms with Crippen LogP contribution in [0.1, 0.15) is 27.2 Å². The van der Waals surface area contributed by atoms with Crippen molar-refractivity contribution in [3.05, 3.63) is 162 Å². The molecule has 0 radical (unpaired) electrons. The van der Waals surface area contributed by atoms with Gasteiger partial charge in [-0.2, -0.15) is 0 Å². The second-order valence-electron chi connectivity index (χ2n) is 10.2. The van der Waals surface area contributed by atoms with E-state index in [1.807, 2.05) is 115 Å². The van der Waals surface area contributed by atoms with Gasteiger partial charge in [0.2, 0.25) is 0 Å². The minimum Gasteiger partial charge on any atom is -0.464 e. The summed E-state index contributed by atoms with van der Waals surface area (Å²) in [5.41, 5.74) is 3.21. The van der Waals surface area contributed by atoms with Crippen LogP contribution in [0.3, 0.4) is 0 Å². The van der Waals surface area contributed by atoms with Gasteiger partial charge in [-0.05, 0) is 52.1 Å². The number of aromatic nitrogens is 3. The fourth-order valence-electron chi connectivity index (χ4n) is 5.42. The van der Waals surface area contributed by atoms with Crippen LogP contribution in [0.4, 0.5) is 13.2 Å². The third-order valence-electron chi connectivity index (χ3n) is 7.40. The predicted molar refractivity (Wildman–Crippen MR) is 169 cm³/mol. The van der Waals surface area contributed by atoms with Crippen molar-refractivity contribution in [3.8, 4) is 16.9 Å². The Hall–Kier alpha value is -5.35. The Balaban J connectivity index is 1.43.